The van der Waals surface area contributed by atoms with E-state index in [-0.39, 0.29) is 23.3 Å². The average molecular weight is 338 g/mol. The molecule has 0 unspecified atom stereocenters. The van der Waals surface area contributed by atoms with Gasteiger partial charge in [-0.05, 0) is 36.8 Å². The number of anilines is 1. The third kappa shape index (κ3) is 2.98. The van der Waals surface area contributed by atoms with Gasteiger partial charge in [0.15, 0.2) is 0 Å². The van der Waals surface area contributed by atoms with Crippen molar-refractivity contribution in [2.24, 2.45) is 0 Å². The van der Waals surface area contributed by atoms with E-state index in [1.165, 1.54) is 24.1 Å². The van der Waals surface area contributed by atoms with Crippen LogP contribution in [0.4, 0.5) is 5.69 Å². The number of para-hydroxylation sites is 2. The smallest absolute Gasteiger partial charge is 0.261 e. The lowest BCUT2D eigenvalue weighted by Crippen LogP contribution is -2.30. The molecule has 2 aromatic rings. The first kappa shape index (κ1) is 16.7. The number of rotatable bonds is 5. The molecule has 0 radical (unpaired) electrons. The van der Waals surface area contributed by atoms with Gasteiger partial charge in [0.1, 0.15) is 5.75 Å². The van der Waals surface area contributed by atoms with Gasteiger partial charge in [0, 0.05) is 12.1 Å². The lowest BCUT2D eigenvalue weighted by atomic mass is 10.1. The van der Waals surface area contributed by atoms with E-state index in [0.29, 0.717) is 35.5 Å². The topological polar surface area (TPSA) is 75.7 Å². The van der Waals surface area contributed by atoms with Gasteiger partial charge in [-0.2, -0.15) is 0 Å². The molecule has 6 nitrogen and oxygen atoms in total. The quantitative estimate of drug-likeness (QED) is 0.851. The van der Waals surface area contributed by atoms with E-state index in [4.69, 9.17) is 4.74 Å². The van der Waals surface area contributed by atoms with Crippen LogP contribution in [0, 0.1) is 0 Å². The van der Waals surface area contributed by atoms with Crippen LogP contribution in [0.5, 0.6) is 5.75 Å². The summed E-state index contributed by atoms with van der Waals surface area (Å²) in [6.45, 7) is 2.27. The Morgan fingerprint density at radius 1 is 1.08 bits per heavy atom. The fourth-order valence-electron chi connectivity index (χ4n) is 2.80. The Bertz CT molecular complexity index is 860. The number of nitrogens with zero attached hydrogens (tertiary/aromatic N) is 1. The Kier molecular flexibility index (Phi) is 4.52. The molecule has 1 N–H and O–H groups in total. The SMILES string of the molecule is CCCN1C(=O)c2ccc(C(=O)Nc3ccccc3OC)cc2C1=O. The Labute approximate surface area is 145 Å². The molecule has 3 rings (SSSR count). The van der Waals surface area contributed by atoms with Crippen molar-refractivity contribution in [3.05, 3.63) is 59.2 Å². The summed E-state index contributed by atoms with van der Waals surface area (Å²) in [7, 11) is 1.52. The number of fused-ring (bicyclic) bond motifs is 1. The summed E-state index contributed by atoms with van der Waals surface area (Å²) in [6, 6.07) is 11.6. The zero-order valence-electron chi connectivity index (χ0n) is 14.0. The maximum absolute atomic E-state index is 12.5. The van der Waals surface area contributed by atoms with Crippen molar-refractivity contribution in [3.8, 4) is 5.75 Å². The molecule has 0 saturated heterocycles. The highest BCUT2D eigenvalue weighted by Gasteiger charge is 2.35. The number of amides is 3. The van der Waals surface area contributed by atoms with Crippen LogP contribution in [0.25, 0.3) is 0 Å². The molecular weight excluding hydrogens is 320 g/mol. The number of benzene rings is 2. The van der Waals surface area contributed by atoms with Gasteiger partial charge in [-0.15, -0.1) is 0 Å². The van der Waals surface area contributed by atoms with Crippen molar-refractivity contribution in [1.29, 1.82) is 0 Å². The predicted octanol–water partition coefficient (Wildman–Crippen LogP) is 2.95. The molecule has 0 aromatic heterocycles. The van der Waals surface area contributed by atoms with Crippen LogP contribution in [0.2, 0.25) is 0 Å². The lowest BCUT2D eigenvalue weighted by Gasteiger charge is -2.11. The standard InChI is InChI=1S/C19H18N2O4/c1-3-10-21-18(23)13-9-8-12(11-14(13)19(21)24)17(22)20-15-6-4-5-7-16(15)25-2/h4-9,11H,3,10H2,1-2H3,(H,20,22). The minimum atomic E-state index is -0.374. The summed E-state index contributed by atoms with van der Waals surface area (Å²) in [6.07, 6.45) is 0.687. The van der Waals surface area contributed by atoms with Gasteiger partial charge >= 0.3 is 0 Å². The summed E-state index contributed by atoms with van der Waals surface area (Å²) in [5.41, 5.74) is 1.45. The summed E-state index contributed by atoms with van der Waals surface area (Å²) in [5.74, 6) is -0.494. The van der Waals surface area contributed by atoms with Gasteiger partial charge in [-0.3, -0.25) is 19.3 Å². The fourth-order valence-corrected chi connectivity index (χ4v) is 2.80. The van der Waals surface area contributed by atoms with E-state index in [2.05, 4.69) is 5.32 Å². The minimum Gasteiger partial charge on any atom is -0.495 e. The molecule has 25 heavy (non-hydrogen) atoms. The highest BCUT2D eigenvalue weighted by molar-refractivity contribution is 6.22. The first-order valence-electron chi connectivity index (χ1n) is 8.01. The van der Waals surface area contributed by atoms with E-state index in [0.717, 1.165) is 0 Å². The van der Waals surface area contributed by atoms with Crippen molar-refractivity contribution >= 4 is 23.4 Å². The highest BCUT2D eigenvalue weighted by atomic mass is 16.5. The number of carbonyl (C=O) groups is 3. The molecule has 0 saturated carbocycles. The number of imide groups is 1. The second-order valence-electron chi connectivity index (χ2n) is 5.68. The molecule has 1 heterocycles. The number of carbonyl (C=O) groups excluding carboxylic acids is 3. The van der Waals surface area contributed by atoms with E-state index in [1.807, 2.05) is 6.92 Å². The average Bonchev–Trinajstić information content (AvgIpc) is 2.87. The van der Waals surface area contributed by atoms with Crippen molar-refractivity contribution in [1.82, 2.24) is 4.90 Å². The van der Waals surface area contributed by atoms with Crippen molar-refractivity contribution < 1.29 is 19.1 Å². The lowest BCUT2D eigenvalue weighted by molar-refractivity contribution is 0.0654. The molecule has 128 valence electrons. The van der Waals surface area contributed by atoms with Crippen LogP contribution in [0.15, 0.2) is 42.5 Å². The van der Waals surface area contributed by atoms with E-state index >= 15 is 0 Å². The number of nitrogens with one attached hydrogen (secondary N) is 1. The van der Waals surface area contributed by atoms with Gasteiger partial charge in [-0.1, -0.05) is 19.1 Å². The van der Waals surface area contributed by atoms with E-state index < -0.39 is 0 Å². The Morgan fingerprint density at radius 3 is 2.52 bits per heavy atom. The highest BCUT2D eigenvalue weighted by Crippen LogP contribution is 2.26. The maximum Gasteiger partial charge on any atom is 0.261 e. The third-order valence-corrected chi connectivity index (χ3v) is 4.04. The molecule has 0 fully saturated rings. The first-order chi connectivity index (χ1) is 12.1. The number of ether oxygens (including phenoxy) is 1. The van der Waals surface area contributed by atoms with Crippen LogP contribution in [0.3, 0.4) is 0 Å². The summed E-state index contributed by atoms with van der Waals surface area (Å²) >= 11 is 0. The molecule has 6 heteroatoms. The molecule has 0 spiro atoms. The Morgan fingerprint density at radius 2 is 1.80 bits per heavy atom. The van der Waals surface area contributed by atoms with Gasteiger partial charge in [0.25, 0.3) is 17.7 Å². The monoisotopic (exact) mass is 338 g/mol. The Hall–Kier alpha value is -3.15. The zero-order valence-corrected chi connectivity index (χ0v) is 14.0. The molecular formula is C19H18N2O4. The van der Waals surface area contributed by atoms with Gasteiger partial charge < -0.3 is 10.1 Å². The van der Waals surface area contributed by atoms with E-state index in [9.17, 15) is 14.4 Å². The Balaban J connectivity index is 1.87. The normalized spacial score (nSPS) is 13.0. The summed E-state index contributed by atoms with van der Waals surface area (Å²) in [5, 5.41) is 2.76. The van der Waals surface area contributed by atoms with Crippen molar-refractivity contribution in [3.63, 3.8) is 0 Å². The second-order valence-corrected chi connectivity index (χ2v) is 5.68. The van der Waals surface area contributed by atoms with Crippen molar-refractivity contribution in [2.75, 3.05) is 19.0 Å². The molecule has 0 atom stereocenters. The molecule has 0 bridgehead atoms. The number of hydrogen-bond donors (Lipinski definition) is 1. The molecule has 3 amide bonds. The largest absolute Gasteiger partial charge is 0.495 e. The van der Waals surface area contributed by atoms with E-state index in [1.54, 1.807) is 30.3 Å². The zero-order chi connectivity index (χ0) is 18.0. The molecule has 0 aliphatic carbocycles. The van der Waals surface area contributed by atoms with Crippen LogP contribution in [-0.4, -0.2) is 36.3 Å². The molecule has 1 aliphatic rings. The maximum atomic E-state index is 12.5. The van der Waals surface area contributed by atoms with Crippen molar-refractivity contribution in [2.45, 2.75) is 13.3 Å². The number of hydrogen-bond acceptors (Lipinski definition) is 4. The van der Waals surface area contributed by atoms with Crippen LogP contribution >= 0.6 is 0 Å². The fraction of sp³-hybridized carbons (Fsp3) is 0.211. The first-order valence-corrected chi connectivity index (χ1v) is 8.01. The van der Waals surface area contributed by atoms with Gasteiger partial charge in [-0.25, -0.2) is 0 Å². The van der Waals surface area contributed by atoms with Gasteiger partial charge in [0.05, 0.1) is 23.9 Å². The number of methoxy groups -OCH3 is 1. The molecule has 1 aliphatic heterocycles. The second kappa shape index (κ2) is 6.76. The minimum absolute atomic E-state index is 0.270. The van der Waals surface area contributed by atoms with Crippen LogP contribution in [-0.2, 0) is 0 Å². The molecule has 2 aromatic carbocycles. The van der Waals surface area contributed by atoms with Gasteiger partial charge in [0.2, 0.25) is 0 Å². The predicted molar refractivity (Wildman–Crippen MR) is 93.0 cm³/mol. The van der Waals surface area contributed by atoms with Crippen LogP contribution < -0.4 is 10.1 Å². The van der Waals surface area contributed by atoms with Crippen LogP contribution in [0.1, 0.15) is 44.4 Å². The summed E-state index contributed by atoms with van der Waals surface area (Å²) < 4.78 is 5.21. The third-order valence-electron chi connectivity index (χ3n) is 4.04. The summed E-state index contributed by atoms with van der Waals surface area (Å²) in [4.78, 5) is 38.3.